The maximum atomic E-state index is 13.4. The number of carbonyl (C=O) groups is 2. The van der Waals surface area contributed by atoms with E-state index in [4.69, 9.17) is 19.6 Å². The first kappa shape index (κ1) is 28.2. The summed E-state index contributed by atoms with van der Waals surface area (Å²) in [6.45, 7) is 7.28. The lowest BCUT2D eigenvalue weighted by Crippen LogP contribution is -2.44. The molecule has 0 radical (unpaired) electrons. The third-order valence-corrected chi connectivity index (χ3v) is 6.25. The van der Waals surface area contributed by atoms with Crippen LogP contribution < -0.4 is 26.6 Å². The molecule has 0 aliphatic heterocycles. The molecule has 40 heavy (non-hydrogen) atoms. The third kappa shape index (κ3) is 5.93. The molecule has 0 spiro atoms. The Morgan fingerprint density at radius 3 is 2.52 bits per heavy atom. The highest BCUT2D eigenvalue weighted by molar-refractivity contribution is 6.00. The summed E-state index contributed by atoms with van der Waals surface area (Å²) < 4.78 is 17.7. The van der Waals surface area contributed by atoms with Gasteiger partial charge in [0.1, 0.15) is 17.2 Å². The zero-order valence-corrected chi connectivity index (χ0v) is 22.9. The number of carbonyl (C=O) groups excluding carboxylic acids is 2. The number of H-pyrrole nitrogens is 1. The van der Waals surface area contributed by atoms with E-state index in [1.807, 2.05) is 51.1 Å². The van der Waals surface area contributed by atoms with Crippen LogP contribution in [0.1, 0.15) is 42.5 Å². The molecule has 2 aromatic carbocycles. The Kier molecular flexibility index (Phi) is 8.42. The molecule has 0 atom stereocenters. The van der Waals surface area contributed by atoms with Crippen LogP contribution in [0.2, 0.25) is 0 Å². The Labute approximate surface area is 230 Å². The van der Waals surface area contributed by atoms with Gasteiger partial charge >= 0.3 is 11.7 Å². The molecule has 11 nitrogen and oxygen atoms in total. The minimum atomic E-state index is -0.833. The Hall–Kier alpha value is -4.80. The van der Waals surface area contributed by atoms with Gasteiger partial charge in [0.2, 0.25) is 5.76 Å². The minimum absolute atomic E-state index is 0.0411. The number of aromatic nitrogens is 2. The van der Waals surface area contributed by atoms with Gasteiger partial charge in [0.05, 0.1) is 13.2 Å². The molecule has 11 heteroatoms. The summed E-state index contributed by atoms with van der Waals surface area (Å²) in [5.74, 6) is -1.17. The molecule has 4 aromatic rings. The molecule has 210 valence electrons. The number of anilines is 2. The molecule has 4 rings (SSSR count). The van der Waals surface area contributed by atoms with Gasteiger partial charge in [0, 0.05) is 17.5 Å². The number of rotatable bonds is 10. The monoisotopic (exact) mass is 548 g/mol. The number of nitrogens with two attached hydrogens (primary N) is 1. The van der Waals surface area contributed by atoms with E-state index in [0.717, 1.165) is 10.5 Å². The maximum Gasteiger partial charge on any atom is 0.375 e. The number of aromatic amines is 1. The van der Waals surface area contributed by atoms with Crippen molar-refractivity contribution < 1.29 is 23.5 Å². The molecular weight excluding hydrogens is 516 g/mol. The molecule has 0 saturated carbocycles. The summed E-state index contributed by atoms with van der Waals surface area (Å²) in [6.07, 6.45) is 0. The normalized spacial score (nSPS) is 11.1. The van der Waals surface area contributed by atoms with Gasteiger partial charge in [-0.15, -0.1) is 0 Å². The van der Waals surface area contributed by atoms with Crippen LogP contribution >= 0.6 is 0 Å². The standard InChI is InChI=1S/C29H32N4O7/c1-5-38-20-11-12-22-21(13-20)18(4)25(40-22)28(36)39-16-23(34)32(14-17(2)3)24-26(30)33(29(37)31-27(24)35)15-19-9-7-6-8-10-19/h6-13,17H,5,14-16,30H2,1-4H3,(H,31,35,37). The molecule has 0 aliphatic rings. The van der Waals surface area contributed by atoms with Crippen LogP contribution in [-0.2, 0) is 16.1 Å². The van der Waals surface area contributed by atoms with Crippen molar-refractivity contribution in [1.29, 1.82) is 0 Å². The smallest absolute Gasteiger partial charge is 0.375 e. The number of nitrogen functional groups attached to an aromatic ring is 1. The lowest BCUT2D eigenvalue weighted by Gasteiger charge is -2.26. The molecule has 2 aromatic heterocycles. The summed E-state index contributed by atoms with van der Waals surface area (Å²) in [4.78, 5) is 55.2. The highest BCUT2D eigenvalue weighted by Gasteiger charge is 2.27. The zero-order chi connectivity index (χ0) is 29.0. The van der Waals surface area contributed by atoms with E-state index in [9.17, 15) is 19.2 Å². The van der Waals surface area contributed by atoms with Crippen molar-refractivity contribution in [3.8, 4) is 5.75 Å². The van der Waals surface area contributed by atoms with Crippen LogP contribution in [0.5, 0.6) is 5.75 Å². The molecule has 0 fully saturated rings. The average molecular weight is 549 g/mol. The molecule has 0 unspecified atom stereocenters. The number of fused-ring (bicyclic) bond motifs is 1. The van der Waals surface area contributed by atoms with E-state index in [-0.39, 0.29) is 36.3 Å². The number of hydrogen-bond acceptors (Lipinski definition) is 8. The van der Waals surface area contributed by atoms with Crippen molar-refractivity contribution in [2.45, 2.75) is 34.2 Å². The van der Waals surface area contributed by atoms with Crippen LogP contribution in [0.15, 0.2) is 62.5 Å². The molecule has 1 amide bonds. The Morgan fingerprint density at radius 1 is 1.12 bits per heavy atom. The molecular formula is C29H32N4O7. The first-order chi connectivity index (χ1) is 19.1. The number of hydrogen-bond donors (Lipinski definition) is 2. The highest BCUT2D eigenvalue weighted by Crippen LogP contribution is 2.29. The Bertz CT molecular complexity index is 1650. The topological polar surface area (TPSA) is 150 Å². The van der Waals surface area contributed by atoms with Crippen LogP contribution in [0.4, 0.5) is 11.5 Å². The van der Waals surface area contributed by atoms with E-state index < -0.39 is 29.7 Å². The van der Waals surface area contributed by atoms with E-state index in [1.54, 1.807) is 25.1 Å². The number of amides is 1. The summed E-state index contributed by atoms with van der Waals surface area (Å²) in [7, 11) is 0. The van der Waals surface area contributed by atoms with Gasteiger partial charge in [0.25, 0.3) is 11.5 Å². The van der Waals surface area contributed by atoms with Gasteiger partial charge in [0.15, 0.2) is 12.3 Å². The van der Waals surface area contributed by atoms with Crippen molar-refractivity contribution in [2.24, 2.45) is 5.92 Å². The second-order valence-corrected chi connectivity index (χ2v) is 9.69. The summed E-state index contributed by atoms with van der Waals surface area (Å²) in [5.41, 5.74) is 6.40. The fourth-order valence-electron chi connectivity index (χ4n) is 4.37. The fraction of sp³-hybridized carbons (Fsp3) is 0.310. The quantitative estimate of drug-likeness (QED) is 0.286. The van der Waals surface area contributed by atoms with E-state index in [0.29, 0.717) is 28.9 Å². The Balaban J connectivity index is 1.60. The predicted molar refractivity (Wildman–Crippen MR) is 151 cm³/mol. The lowest BCUT2D eigenvalue weighted by atomic mass is 10.1. The number of nitrogens with zero attached hydrogens (tertiary/aromatic N) is 2. The number of nitrogens with one attached hydrogen (secondary N) is 1. The van der Waals surface area contributed by atoms with E-state index in [2.05, 4.69) is 4.98 Å². The van der Waals surface area contributed by atoms with Crippen molar-refractivity contribution in [1.82, 2.24) is 9.55 Å². The number of furan rings is 1. The van der Waals surface area contributed by atoms with Crippen molar-refractivity contribution >= 4 is 34.4 Å². The van der Waals surface area contributed by atoms with Gasteiger partial charge in [-0.25, -0.2) is 9.59 Å². The van der Waals surface area contributed by atoms with Crippen LogP contribution in [0.25, 0.3) is 11.0 Å². The fourth-order valence-corrected chi connectivity index (χ4v) is 4.37. The SMILES string of the molecule is CCOc1ccc2oc(C(=O)OCC(=O)N(CC(C)C)c3c(N)n(Cc4ccccc4)c(=O)[nH]c3=O)c(C)c2c1. The average Bonchev–Trinajstić information content (AvgIpc) is 3.25. The first-order valence-corrected chi connectivity index (χ1v) is 12.9. The van der Waals surface area contributed by atoms with Gasteiger partial charge in [-0.2, -0.15) is 0 Å². The third-order valence-electron chi connectivity index (χ3n) is 6.25. The first-order valence-electron chi connectivity index (χ1n) is 12.9. The second kappa shape index (κ2) is 11.9. The van der Waals surface area contributed by atoms with Gasteiger partial charge in [-0.1, -0.05) is 44.2 Å². The lowest BCUT2D eigenvalue weighted by molar-refractivity contribution is -0.121. The summed E-state index contributed by atoms with van der Waals surface area (Å²) in [5, 5.41) is 0.686. The largest absolute Gasteiger partial charge is 0.494 e. The van der Waals surface area contributed by atoms with Crippen LogP contribution in [0.3, 0.4) is 0 Å². The molecule has 2 heterocycles. The number of esters is 1. The van der Waals surface area contributed by atoms with E-state index >= 15 is 0 Å². The van der Waals surface area contributed by atoms with Crippen LogP contribution in [0, 0.1) is 12.8 Å². The minimum Gasteiger partial charge on any atom is -0.494 e. The summed E-state index contributed by atoms with van der Waals surface area (Å²) >= 11 is 0. The highest BCUT2D eigenvalue weighted by atomic mass is 16.5. The van der Waals surface area contributed by atoms with Crippen molar-refractivity contribution in [3.05, 3.63) is 86.3 Å². The van der Waals surface area contributed by atoms with Gasteiger partial charge in [-0.3, -0.25) is 19.1 Å². The number of aryl methyl sites for hydroxylation is 1. The van der Waals surface area contributed by atoms with Gasteiger partial charge in [-0.05, 0) is 43.5 Å². The van der Waals surface area contributed by atoms with E-state index in [1.165, 1.54) is 4.57 Å². The van der Waals surface area contributed by atoms with Crippen molar-refractivity contribution in [3.63, 3.8) is 0 Å². The number of ether oxygens (including phenoxy) is 2. The Morgan fingerprint density at radius 2 is 1.85 bits per heavy atom. The second-order valence-electron chi connectivity index (χ2n) is 9.69. The van der Waals surface area contributed by atoms with Gasteiger partial charge < -0.3 is 24.5 Å². The molecule has 0 aliphatic carbocycles. The molecule has 3 N–H and O–H groups in total. The summed E-state index contributed by atoms with van der Waals surface area (Å²) in [6, 6.07) is 14.3. The number of benzene rings is 2. The van der Waals surface area contributed by atoms with Crippen LogP contribution in [-0.4, -0.2) is 41.2 Å². The maximum absolute atomic E-state index is 13.4. The molecule has 0 saturated heterocycles. The zero-order valence-electron chi connectivity index (χ0n) is 22.9. The predicted octanol–water partition coefficient (Wildman–Crippen LogP) is 3.47. The molecule has 0 bridgehead atoms. The van der Waals surface area contributed by atoms with Crippen molar-refractivity contribution in [2.75, 3.05) is 30.4 Å².